The highest BCUT2D eigenvalue weighted by atomic mass is 32.2. The van der Waals surface area contributed by atoms with Gasteiger partial charge >= 0.3 is 0 Å². The van der Waals surface area contributed by atoms with Gasteiger partial charge in [0.05, 0.1) is 17.4 Å². The number of nitrogens with zero attached hydrogens (tertiary/aromatic N) is 1. The molecule has 3 aromatic rings. The van der Waals surface area contributed by atoms with Crippen LogP contribution < -0.4 is 10.0 Å². The molecule has 0 fully saturated rings. The van der Waals surface area contributed by atoms with Crippen molar-refractivity contribution in [2.24, 2.45) is 0 Å². The second-order valence-electron chi connectivity index (χ2n) is 7.63. The van der Waals surface area contributed by atoms with E-state index >= 15 is 0 Å². The van der Waals surface area contributed by atoms with Gasteiger partial charge in [0.2, 0.25) is 11.8 Å². The Hall–Kier alpha value is -3.91. The van der Waals surface area contributed by atoms with Crippen molar-refractivity contribution in [2.45, 2.75) is 24.3 Å². The first-order valence-electron chi connectivity index (χ1n) is 10.4. The Morgan fingerprint density at radius 1 is 0.879 bits per heavy atom. The normalized spacial score (nSPS) is 14.9. The maximum Gasteiger partial charge on any atom is 0.261 e. The van der Waals surface area contributed by atoms with Crippen LogP contribution in [0.25, 0.3) is 6.08 Å². The quantitative estimate of drug-likeness (QED) is 0.569. The number of rotatable bonds is 6. The van der Waals surface area contributed by atoms with Crippen LogP contribution >= 0.6 is 0 Å². The number of anilines is 2. The zero-order valence-electron chi connectivity index (χ0n) is 17.9. The summed E-state index contributed by atoms with van der Waals surface area (Å²) in [7, 11) is -3.75. The molecule has 0 bridgehead atoms. The van der Waals surface area contributed by atoms with Crippen molar-refractivity contribution < 1.29 is 18.0 Å². The van der Waals surface area contributed by atoms with Crippen LogP contribution in [0.1, 0.15) is 30.5 Å². The Labute approximate surface area is 192 Å². The molecule has 0 aromatic heterocycles. The van der Waals surface area contributed by atoms with Crippen molar-refractivity contribution >= 4 is 39.3 Å². The fraction of sp³-hybridized carbons (Fsp3) is 0.120. The molecule has 8 heteroatoms. The number of hydrogen-bond acceptors (Lipinski definition) is 4. The molecule has 33 heavy (non-hydrogen) atoms. The molecule has 1 aliphatic heterocycles. The number of carbonyl (C=O) groups is 2. The van der Waals surface area contributed by atoms with Crippen LogP contribution in [0.5, 0.6) is 0 Å². The predicted octanol–water partition coefficient (Wildman–Crippen LogP) is 4.39. The van der Waals surface area contributed by atoms with Crippen molar-refractivity contribution in [2.75, 3.05) is 10.0 Å². The van der Waals surface area contributed by atoms with Crippen LogP contribution in [0.15, 0.2) is 90.0 Å². The summed E-state index contributed by atoms with van der Waals surface area (Å²) in [5.74, 6) is -0.437. The van der Waals surface area contributed by atoms with E-state index in [0.29, 0.717) is 11.4 Å². The van der Waals surface area contributed by atoms with Gasteiger partial charge in [-0.2, -0.15) is 0 Å². The van der Waals surface area contributed by atoms with E-state index in [0.717, 1.165) is 11.1 Å². The van der Waals surface area contributed by atoms with Crippen LogP contribution in [-0.4, -0.2) is 25.1 Å². The first-order chi connectivity index (χ1) is 15.8. The van der Waals surface area contributed by atoms with Gasteiger partial charge < -0.3 is 10.2 Å². The smallest absolute Gasteiger partial charge is 0.261 e. The van der Waals surface area contributed by atoms with Crippen molar-refractivity contribution in [3.8, 4) is 0 Å². The van der Waals surface area contributed by atoms with Gasteiger partial charge in [0.25, 0.3) is 10.0 Å². The Bertz CT molecular complexity index is 1300. The fourth-order valence-electron chi connectivity index (χ4n) is 3.74. The van der Waals surface area contributed by atoms with Crippen LogP contribution in [0.2, 0.25) is 0 Å². The van der Waals surface area contributed by atoms with Gasteiger partial charge in [0, 0.05) is 24.5 Å². The third-order valence-corrected chi connectivity index (χ3v) is 6.72. The van der Waals surface area contributed by atoms with E-state index in [9.17, 15) is 18.0 Å². The molecule has 1 atom stereocenters. The Morgan fingerprint density at radius 3 is 2.24 bits per heavy atom. The zero-order chi connectivity index (χ0) is 23.4. The van der Waals surface area contributed by atoms with Gasteiger partial charge in [0.15, 0.2) is 0 Å². The highest BCUT2D eigenvalue weighted by Gasteiger charge is 2.28. The van der Waals surface area contributed by atoms with E-state index in [4.69, 9.17) is 0 Å². The molecule has 1 heterocycles. The molecule has 168 valence electrons. The second kappa shape index (κ2) is 9.30. The molecule has 7 nitrogen and oxygen atoms in total. The second-order valence-corrected chi connectivity index (χ2v) is 9.32. The highest BCUT2D eigenvalue weighted by molar-refractivity contribution is 7.92. The first kappa shape index (κ1) is 22.3. The number of amides is 2. The molecule has 2 amide bonds. The minimum absolute atomic E-state index is 0.0660. The number of sulfonamides is 1. The lowest BCUT2D eigenvalue weighted by Gasteiger charge is -2.32. The Balaban J connectivity index is 1.45. The molecule has 0 aliphatic carbocycles. The largest absolute Gasteiger partial charge is 0.326 e. The lowest BCUT2D eigenvalue weighted by molar-refractivity contribution is -0.129. The third-order valence-electron chi connectivity index (χ3n) is 5.32. The fourth-order valence-corrected chi connectivity index (χ4v) is 4.80. The standard InChI is InChI=1S/C25H23N3O4S/c1-18(29)28-16-15-19-7-5-6-10-23(19)24(28)17-25(30)26-20-11-13-22(14-12-20)33(31,32)27-21-8-3-2-4-9-21/h2-16,24,27H,17H2,1H3,(H,26,30)/t24-/m0/s1. The monoisotopic (exact) mass is 461 g/mol. The van der Waals surface area contributed by atoms with E-state index in [1.54, 1.807) is 41.4 Å². The molecular weight excluding hydrogens is 438 g/mol. The molecule has 0 saturated carbocycles. The number of fused-ring (bicyclic) bond motifs is 1. The van der Waals surface area contributed by atoms with Crippen molar-refractivity contribution in [3.63, 3.8) is 0 Å². The molecule has 3 aromatic carbocycles. The Kier molecular flexibility index (Phi) is 6.28. The number of para-hydroxylation sites is 1. The van der Waals surface area contributed by atoms with Gasteiger partial charge in [-0.1, -0.05) is 42.5 Å². The van der Waals surface area contributed by atoms with Gasteiger partial charge in [0.1, 0.15) is 0 Å². The molecule has 2 N–H and O–H groups in total. The van der Waals surface area contributed by atoms with Crippen molar-refractivity contribution in [1.82, 2.24) is 4.90 Å². The zero-order valence-corrected chi connectivity index (χ0v) is 18.7. The predicted molar refractivity (Wildman–Crippen MR) is 128 cm³/mol. The molecule has 0 radical (unpaired) electrons. The summed E-state index contributed by atoms with van der Waals surface area (Å²) in [6, 6.07) is 21.8. The van der Waals surface area contributed by atoms with Gasteiger partial charge in [-0.05, 0) is 53.6 Å². The molecule has 1 aliphatic rings. The lowest BCUT2D eigenvalue weighted by Crippen LogP contribution is -2.33. The maximum absolute atomic E-state index is 12.8. The lowest BCUT2D eigenvalue weighted by atomic mass is 9.93. The summed E-state index contributed by atoms with van der Waals surface area (Å²) in [5, 5.41) is 2.79. The summed E-state index contributed by atoms with van der Waals surface area (Å²) >= 11 is 0. The van der Waals surface area contributed by atoms with Crippen molar-refractivity contribution in [3.05, 3.63) is 96.2 Å². The van der Waals surface area contributed by atoms with E-state index < -0.39 is 16.1 Å². The van der Waals surface area contributed by atoms with E-state index in [-0.39, 0.29) is 23.1 Å². The number of nitrogens with one attached hydrogen (secondary N) is 2. The molecule has 4 rings (SSSR count). The average molecular weight is 462 g/mol. The maximum atomic E-state index is 12.8. The van der Waals surface area contributed by atoms with Crippen molar-refractivity contribution in [1.29, 1.82) is 0 Å². The summed E-state index contributed by atoms with van der Waals surface area (Å²) < 4.78 is 27.7. The topological polar surface area (TPSA) is 95.6 Å². The van der Waals surface area contributed by atoms with E-state index in [2.05, 4.69) is 10.0 Å². The highest BCUT2D eigenvalue weighted by Crippen LogP contribution is 2.33. The Morgan fingerprint density at radius 2 is 1.55 bits per heavy atom. The van der Waals surface area contributed by atoms with Crippen LogP contribution in [-0.2, 0) is 19.6 Å². The van der Waals surface area contributed by atoms with Gasteiger partial charge in [-0.25, -0.2) is 8.42 Å². The van der Waals surface area contributed by atoms with Gasteiger partial charge in [-0.15, -0.1) is 0 Å². The van der Waals surface area contributed by atoms with Crippen LogP contribution in [0.4, 0.5) is 11.4 Å². The van der Waals surface area contributed by atoms with Crippen LogP contribution in [0, 0.1) is 0 Å². The summed E-state index contributed by atoms with van der Waals surface area (Å²) in [6.45, 7) is 1.46. The number of benzene rings is 3. The summed E-state index contributed by atoms with van der Waals surface area (Å²) in [4.78, 5) is 26.5. The van der Waals surface area contributed by atoms with Crippen LogP contribution in [0.3, 0.4) is 0 Å². The third kappa shape index (κ3) is 5.12. The van der Waals surface area contributed by atoms with Gasteiger partial charge in [-0.3, -0.25) is 14.3 Å². The minimum Gasteiger partial charge on any atom is -0.326 e. The van der Waals surface area contributed by atoms with E-state index in [1.165, 1.54) is 31.2 Å². The summed E-state index contributed by atoms with van der Waals surface area (Å²) in [5.41, 5.74) is 2.80. The number of carbonyl (C=O) groups excluding carboxylic acids is 2. The average Bonchev–Trinajstić information content (AvgIpc) is 2.80. The minimum atomic E-state index is -3.75. The number of hydrogen-bond donors (Lipinski definition) is 2. The SMILES string of the molecule is CC(=O)N1C=Cc2ccccc2[C@@H]1CC(=O)Nc1ccc(S(=O)(=O)Nc2ccccc2)cc1. The molecule has 0 saturated heterocycles. The first-order valence-corrected chi connectivity index (χ1v) is 11.9. The van der Waals surface area contributed by atoms with E-state index in [1.807, 2.05) is 30.3 Å². The summed E-state index contributed by atoms with van der Waals surface area (Å²) in [6.07, 6.45) is 3.62. The molecule has 0 unspecified atom stereocenters. The molecular formula is C25H23N3O4S. The molecule has 0 spiro atoms.